The third-order valence-corrected chi connectivity index (χ3v) is 3.93. The molecule has 0 aromatic heterocycles. The normalized spacial score (nSPS) is 12.8. The molecular formula is C15H19NOS. The molecule has 0 heterocycles. The van der Waals surface area contributed by atoms with Gasteiger partial charge in [0.25, 0.3) is 0 Å². The second-order valence-electron chi connectivity index (χ2n) is 4.28. The van der Waals surface area contributed by atoms with Crippen LogP contribution in [0.4, 0.5) is 0 Å². The molecule has 18 heavy (non-hydrogen) atoms. The van der Waals surface area contributed by atoms with Crippen LogP contribution < -0.4 is 5.32 Å². The van der Waals surface area contributed by atoms with Gasteiger partial charge in [0.05, 0.1) is 6.10 Å². The van der Waals surface area contributed by atoms with E-state index in [1.54, 1.807) is 11.8 Å². The lowest BCUT2D eigenvalue weighted by atomic mass is 10.1. The Hall–Kier alpha value is -1.03. The van der Waals surface area contributed by atoms with Crippen LogP contribution in [0.25, 0.3) is 10.8 Å². The summed E-state index contributed by atoms with van der Waals surface area (Å²) >= 11 is 1.70. The van der Waals surface area contributed by atoms with Crippen molar-refractivity contribution in [1.82, 2.24) is 5.32 Å². The highest BCUT2D eigenvalue weighted by Crippen LogP contribution is 2.23. The van der Waals surface area contributed by atoms with E-state index < -0.39 is 0 Å². The summed E-state index contributed by atoms with van der Waals surface area (Å²) in [5.41, 5.74) is 0. The Balaban J connectivity index is 1.95. The second kappa shape index (κ2) is 6.78. The Kier molecular flexibility index (Phi) is 5.05. The molecule has 0 aliphatic carbocycles. The number of hydrogen-bond acceptors (Lipinski definition) is 3. The Bertz CT molecular complexity index is 501. The number of likely N-dealkylation sites (N-methyl/N-ethyl adjacent to an activating group) is 1. The van der Waals surface area contributed by atoms with Gasteiger partial charge in [-0.15, -0.1) is 11.8 Å². The largest absolute Gasteiger partial charge is 0.391 e. The highest BCUT2D eigenvalue weighted by Gasteiger charge is 2.04. The predicted molar refractivity (Wildman–Crippen MR) is 79.2 cm³/mol. The van der Waals surface area contributed by atoms with E-state index in [4.69, 9.17) is 0 Å². The lowest BCUT2D eigenvalue weighted by molar-refractivity contribution is 0.197. The number of aliphatic hydroxyl groups excluding tert-OH is 1. The first-order valence-corrected chi connectivity index (χ1v) is 7.28. The maximum atomic E-state index is 9.77. The van der Waals surface area contributed by atoms with Crippen LogP contribution in [0.15, 0.2) is 47.4 Å². The van der Waals surface area contributed by atoms with Crippen LogP contribution in [-0.2, 0) is 0 Å². The van der Waals surface area contributed by atoms with Crippen LogP contribution >= 0.6 is 11.8 Å². The summed E-state index contributed by atoms with van der Waals surface area (Å²) in [4.78, 5) is 1.21. The van der Waals surface area contributed by atoms with Crippen LogP contribution in [0.1, 0.15) is 6.92 Å². The SMILES string of the molecule is CCNCC(O)CSc1ccc2ccccc2c1. The van der Waals surface area contributed by atoms with Gasteiger partial charge in [0.1, 0.15) is 0 Å². The topological polar surface area (TPSA) is 32.3 Å². The van der Waals surface area contributed by atoms with Gasteiger partial charge in [0.15, 0.2) is 0 Å². The molecule has 2 aromatic carbocycles. The summed E-state index contributed by atoms with van der Waals surface area (Å²) in [7, 11) is 0. The van der Waals surface area contributed by atoms with Crippen LogP contribution in [0.5, 0.6) is 0 Å². The first-order valence-electron chi connectivity index (χ1n) is 6.30. The number of fused-ring (bicyclic) bond motifs is 1. The van der Waals surface area contributed by atoms with Crippen molar-refractivity contribution in [1.29, 1.82) is 0 Å². The number of rotatable bonds is 6. The maximum absolute atomic E-state index is 9.77. The highest BCUT2D eigenvalue weighted by atomic mass is 32.2. The minimum absolute atomic E-state index is 0.290. The van der Waals surface area contributed by atoms with Crippen molar-refractivity contribution in [2.45, 2.75) is 17.9 Å². The van der Waals surface area contributed by atoms with Gasteiger partial charge in [-0.1, -0.05) is 37.3 Å². The Morgan fingerprint density at radius 2 is 1.94 bits per heavy atom. The van der Waals surface area contributed by atoms with Gasteiger partial charge in [0, 0.05) is 17.2 Å². The number of thioether (sulfide) groups is 1. The first-order chi connectivity index (χ1) is 8.79. The van der Waals surface area contributed by atoms with E-state index in [-0.39, 0.29) is 6.10 Å². The Labute approximate surface area is 112 Å². The number of aliphatic hydroxyl groups is 1. The lowest BCUT2D eigenvalue weighted by Crippen LogP contribution is -2.28. The zero-order chi connectivity index (χ0) is 12.8. The molecule has 1 unspecified atom stereocenters. The summed E-state index contributed by atoms with van der Waals surface area (Å²) in [6, 6.07) is 14.8. The van der Waals surface area contributed by atoms with Crippen molar-refractivity contribution in [2.75, 3.05) is 18.8 Å². The average Bonchev–Trinajstić information content (AvgIpc) is 2.42. The minimum atomic E-state index is -0.290. The zero-order valence-corrected chi connectivity index (χ0v) is 11.4. The van der Waals surface area contributed by atoms with Crippen LogP contribution in [0.2, 0.25) is 0 Å². The second-order valence-corrected chi connectivity index (χ2v) is 5.37. The van der Waals surface area contributed by atoms with Crippen molar-refractivity contribution in [2.24, 2.45) is 0 Å². The van der Waals surface area contributed by atoms with E-state index in [1.165, 1.54) is 15.7 Å². The van der Waals surface area contributed by atoms with Crippen molar-refractivity contribution in [3.05, 3.63) is 42.5 Å². The fraction of sp³-hybridized carbons (Fsp3) is 0.333. The van der Waals surface area contributed by atoms with Crippen molar-refractivity contribution in [3.63, 3.8) is 0 Å². The summed E-state index contributed by atoms with van der Waals surface area (Å²) in [6.07, 6.45) is -0.290. The number of nitrogens with one attached hydrogen (secondary N) is 1. The zero-order valence-electron chi connectivity index (χ0n) is 10.6. The smallest absolute Gasteiger partial charge is 0.0758 e. The molecule has 0 saturated heterocycles. The molecule has 0 bridgehead atoms. The number of hydrogen-bond donors (Lipinski definition) is 2. The fourth-order valence-corrected chi connectivity index (χ4v) is 2.70. The molecule has 1 atom stereocenters. The first kappa shape index (κ1) is 13.4. The van der Waals surface area contributed by atoms with Crippen molar-refractivity contribution >= 4 is 22.5 Å². The lowest BCUT2D eigenvalue weighted by Gasteiger charge is -2.10. The summed E-state index contributed by atoms with van der Waals surface area (Å²) in [6.45, 7) is 3.61. The molecule has 0 saturated carbocycles. The van der Waals surface area contributed by atoms with Crippen LogP contribution in [-0.4, -0.2) is 30.1 Å². The van der Waals surface area contributed by atoms with Gasteiger partial charge in [-0.05, 0) is 29.4 Å². The Morgan fingerprint density at radius 3 is 2.72 bits per heavy atom. The van der Waals surface area contributed by atoms with Gasteiger partial charge in [-0.2, -0.15) is 0 Å². The molecule has 0 aliphatic rings. The maximum Gasteiger partial charge on any atom is 0.0758 e. The van der Waals surface area contributed by atoms with E-state index in [9.17, 15) is 5.11 Å². The predicted octanol–water partition coefficient (Wildman–Crippen LogP) is 2.90. The molecule has 2 N–H and O–H groups in total. The third-order valence-electron chi connectivity index (χ3n) is 2.79. The van der Waals surface area contributed by atoms with E-state index in [1.807, 2.05) is 6.92 Å². The minimum Gasteiger partial charge on any atom is -0.391 e. The standard InChI is InChI=1S/C15H19NOS/c1-2-16-10-14(17)11-18-15-8-7-12-5-3-4-6-13(12)9-15/h3-9,14,16-17H,2,10-11H2,1H3. The summed E-state index contributed by atoms with van der Waals surface area (Å²) in [5.74, 6) is 0.728. The highest BCUT2D eigenvalue weighted by molar-refractivity contribution is 7.99. The van der Waals surface area contributed by atoms with E-state index in [0.29, 0.717) is 6.54 Å². The van der Waals surface area contributed by atoms with E-state index >= 15 is 0 Å². The molecule has 3 heteroatoms. The third kappa shape index (κ3) is 3.73. The monoisotopic (exact) mass is 261 g/mol. The molecule has 0 fully saturated rings. The summed E-state index contributed by atoms with van der Waals surface area (Å²) in [5, 5.41) is 15.4. The van der Waals surface area contributed by atoms with Gasteiger partial charge in [-0.3, -0.25) is 0 Å². The quantitative estimate of drug-likeness (QED) is 0.784. The van der Waals surface area contributed by atoms with Gasteiger partial charge >= 0.3 is 0 Å². The van der Waals surface area contributed by atoms with Crippen LogP contribution in [0, 0.1) is 0 Å². The molecule has 2 rings (SSSR count). The van der Waals surface area contributed by atoms with E-state index in [2.05, 4.69) is 47.8 Å². The molecule has 2 aromatic rings. The van der Waals surface area contributed by atoms with Crippen molar-refractivity contribution < 1.29 is 5.11 Å². The molecule has 2 nitrogen and oxygen atoms in total. The molecule has 96 valence electrons. The van der Waals surface area contributed by atoms with Gasteiger partial charge in [0.2, 0.25) is 0 Å². The average molecular weight is 261 g/mol. The van der Waals surface area contributed by atoms with Crippen LogP contribution in [0.3, 0.4) is 0 Å². The summed E-state index contributed by atoms with van der Waals surface area (Å²) < 4.78 is 0. The Morgan fingerprint density at radius 1 is 1.17 bits per heavy atom. The number of benzene rings is 2. The molecule has 0 amide bonds. The van der Waals surface area contributed by atoms with Gasteiger partial charge < -0.3 is 10.4 Å². The molecule has 0 spiro atoms. The molecular weight excluding hydrogens is 242 g/mol. The van der Waals surface area contributed by atoms with Gasteiger partial charge in [-0.25, -0.2) is 0 Å². The molecule has 0 radical (unpaired) electrons. The fourth-order valence-electron chi connectivity index (χ4n) is 1.82. The van der Waals surface area contributed by atoms with Crippen molar-refractivity contribution in [3.8, 4) is 0 Å². The van der Waals surface area contributed by atoms with E-state index in [0.717, 1.165) is 12.3 Å². The molecule has 0 aliphatic heterocycles.